The Kier molecular flexibility index (Phi) is 8.43. The summed E-state index contributed by atoms with van der Waals surface area (Å²) in [5.41, 5.74) is 0.708. The molecule has 0 saturated carbocycles. The number of nitrogens with zero attached hydrogens (tertiary/aromatic N) is 1. The second-order valence-corrected chi connectivity index (χ2v) is 8.69. The van der Waals surface area contributed by atoms with Crippen molar-refractivity contribution >= 4 is 21.9 Å². The van der Waals surface area contributed by atoms with E-state index in [1.54, 1.807) is 26.8 Å². The predicted molar refractivity (Wildman–Crippen MR) is 104 cm³/mol. The summed E-state index contributed by atoms with van der Waals surface area (Å²) in [6, 6.07) is 4.35. The third-order valence-electron chi connectivity index (χ3n) is 4.11. The molecule has 152 valence electrons. The summed E-state index contributed by atoms with van der Waals surface area (Å²) in [5, 5.41) is 2.70. The van der Waals surface area contributed by atoms with Crippen LogP contribution in [-0.2, 0) is 19.6 Å². The Bertz CT molecular complexity index is 770. The lowest BCUT2D eigenvalue weighted by Gasteiger charge is -2.19. The van der Waals surface area contributed by atoms with Gasteiger partial charge in [-0.3, -0.25) is 4.79 Å². The number of carbonyl (C=O) groups excluding carboxylic acids is 2. The number of hydrogen-bond acceptors (Lipinski definition) is 5. The van der Waals surface area contributed by atoms with E-state index in [4.69, 9.17) is 4.74 Å². The van der Waals surface area contributed by atoms with E-state index in [1.807, 2.05) is 13.8 Å². The van der Waals surface area contributed by atoms with Gasteiger partial charge in [0.05, 0.1) is 10.5 Å². The molecule has 0 aliphatic rings. The first-order valence-electron chi connectivity index (χ1n) is 9.14. The number of sulfonamides is 1. The highest BCUT2D eigenvalue weighted by Crippen LogP contribution is 2.20. The van der Waals surface area contributed by atoms with Gasteiger partial charge >= 0.3 is 5.97 Å². The van der Waals surface area contributed by atoms with E-state index in [2.05, 4.69) is 5.32 Å². The Morgan fingerprint density at radius 3 is 2.26 bits per heavy atom. The molecule has 0 bridgehead atoms. The van der Waals surface area contributed by atoms with E-state index in [9.17, 15) is 18.0 Å². The lowest BCUT2D eigenvalue weighted by Crippen LogP contribution is -2.37. The molecule has 0 fully saturated rings. The first-order valence-corrected chi connectivity index (χ1v) is 10.6. The van der Waals surface area contributed by atoms with Crippen molar-refractivity contribution < 1.29 is 22.7 Å². The van der Waals surface area contributed by atoms with Gasteiger partial charge in [0.25, 0.3) is 5.91 Å². The van der Waals surface area contributed by atoms with Gasteiger partial charge in [-0.25, -0.2) is 13.2 Å². The van der Waals surface area contributed by atoms with Crippen LogP contribution in [0.15, 0.2) is 23.1 Å². The summed E-state index contributed by atoms with van der Waals surface area (Å²) in [6.45, 7) is 11.7. The molecule has 1 aromatic rings. The second-order valence-electron chi connectivity index (χ2n) is 6.75. The van der Waals surface area contributed by atoms with Crippen molar-refractivity contribution in [1.29, 1.82) is 0 Å². The van der Waals surface area contributed by atoms with Crippen molar-refractivity contribution in [3.63, 3.8) is 0 Å². The lowest BCUT2D eigenvalue weighted by molar-refractivity contribution is -0.129. The number of esters is 1. The van der Waals surface area contributed by atoms with Crippen molar-refractivity contribution in [3.05, 3.63) is 29.3 Å². The minimum absolute atomic E-state index is 0.0284. The zero-order valence-corrected chi connectivity index (χ0v) is 17.7. The van der Waals surface area contributed by atoms with Crippen molar-refractivity contribution in [3.8, 4) is 0 Å². The van der Waals surface area contributed by atoms with Gasteiger partial charge in [0.15, 0.2) is 6.10 Å². The standard InChI is InChI=1S/C19H30N2O5S/c1-7-21(8-2)27(24,25)16-10-9-14(5)17(11-16)19(23)26-15(6)18(22)20-12-13(3)4/h9-11,13,15H,7-8,12H2,1-6H3,(H,20,22)/t15-/m0/s1. The van der Waals surface area contributed by atoms with Gasteiger partial charge in [0.1, 0.15) is 0 Å². The predicted octanol–water partition coefficient (Wildman–Crippen LogP) is 2.34. The molecule has 0 heterocycles. The van der Waals surface area contributed by atoms with Crippen molar-refractivity contribution in [2.45, 2.75) is 52.5 Å². The van der Waals surface area contributed by atoms with Gasteiger partial charge in [-0.05, 0) is 37.5 Å². The first-order chi connectivity index (χ1) is 12.5. The van der Waals surface area contributed by atoms with Crippen molar-refractivity contribution in [1.82, 2.24) is 9.62 Å². The van der Waals surface area contributed by atoms with Crippen LogP contribution >= 0.6 is 0 Å². The zero-order valence-electron chi connectivity index (χ0n) is 16.9. The average Bonchev–Trinajstić information content (AvgIpc) is 2.60. The molecule has 0 radical (unpaired) electrons. The van der Waals surface area contributed by atoms with Crippen LogP contribution in [0.5, 0.6) is 0 Å². The summed E-state index contributed by atoms with van der Waals surface area (Å²) in [7, 11) is -3.69. The molecule has 1 rings (SSSR count). The third kappa shape index (κ3) is 6.04. The van der Waals surface area contributed by atoms with Crippen LogP contribution in [0.25, 0.3) is 0 Å². The topological polar surface area (TPSA) is 92.8 Å². The van der Waals surface area contributed by atoms with Crippen LogP contribution < -0.4 is 5.32 Å². The first kappa shape index (κ1) is 23.1. The van der Waals surface area contributed by atoms with E-state index < -0.39 is 22.1 Å². The average molecular weight is 399 g/mol. The third-order valence-corrected chi connectivity index (χ3v) is 6.16. The smallest absolute Gasteiger partial charge is 0.339 e. The number of carbonyl (C=O) groups is 2. The molecular weight excluding hydrogens is 368 g/mol. The molecule has 27 heavy (non-hydrogen) atoms. The number of nitrogens with one attached hydrogen (secondary N) is 1. The number of amides is 1. The SMILES string of the molecule is CCN(CC)S(=O)(=O)c1ccc(C)c(C(=O)O[C@@H](C)C(=O)NCC(C)C)c1. The lowest BCUT2D eigenvalue weighted by atomic mass is 10.1. The number of benzene rings is 1. The molecule has 0 aliphatic heterocycles. The van der Waals surface area contributed by atoms with Crippen molar-refractivity contribution in [2.24, 2.45) is 5.92 Å². The molecule has 0 unspecified atom stereocenters. The Balaban J connectivity index is 3.03. The summed E-state index contributed by atoms with van der Waals surface area (Å²) in [4.78, 5) is 24.5. The highest BCUT2D eigenvalue weighted by atomic mass is 32.2. The molecule has 1 aromatic carbocycles. The van der Waals surface area contributed by atoms with Gasteiger partial charge in [0.2, 0.25) is 10.0 Å². The normalized spacial score (nSPS) is 12.9. The van der Waals surface area contributed by atoms with Crippen LogP contribution in [0.4, 0.5) is 0 Å². The van der Waals surface area contributed by atoms with Gasteiger partial charge in [-0.2, -0.15) is 4.31 Å². The van der Waals surface area contributed by atoms with Crippen LogP contribution in [0, 0.1) is 12.8 Å². The van der Waals surface area contributed by atoms with E-state index in [0.717, 1.165) is 0 Å². The van der Waals surface area contributed by atoms with Gasteiger partial charge < -0.3 is 10.1 Å². The second kappa shape index (κ2) is 9.85. The minimum atomic E-state index is -3.69. The van der Waals surface area contributed by atoms with Gasteiger partial charge in [0, 0.05) is 19.6 Å². The minimum Gasteiger partial charge on any atom is -0.449 e. The maximum atomic E-state index is 12.7. The fourth-order valence-corrected chi connectivity index (χ4v) is 3.90. The van der Waals surface area contributed by atoms with Gasteiger partial charge in [-0.15, -0.1) is 0 Å². The van der Waals surface area contributed by atoms with Gasteiger partial charge in [-0.1, -0.05) is 33.8 Å². The highest BCUT2D eigenvalue weighted by Gasteiger charge is 2.25. The quantitative estimate of drug-likeness (QED) is 0.645. The maximum absolute atomic E-state index is 12.7. The van der Waals surface area contributed by atoms with Crippen LogP contribution in [-0.4, -0.2) is 50.3 Å². The molecule has 1 atom stereocenters. The van der Waals surface area contributed by atoms with Crippen LogP contribution in [0.3, 0.4) is 0 Å². The number of ether oxygens (including phenoxy) is 1. The Morgan fingerprint density at radius 1 is 1.15 bits per heavy atom. The summed E-state index contributed by atoms with van der Waals surface area (Å²) in [5.74, 6) is -0.834. The van der Waals surface area contributed by atoms with Crippen LogP contribution in [0.2, 0.25) is 0 Å². The fourth-order valence-electron chi connectivity index (χ4n) is 2.42. The molecule has 1 amide bonds. The van der Waals surface area contributed by atoms with Crippen LogP contribution in [0.1, 0.15) is 50.5 Å². The molecule has 0 aromatic heterocycles. The highest BCUT2D eigenvalue weighted by molar-refractivity contribution is 7.89. The van der Waals surface area contributed by atoms with E-state index in [-0.39, 0.29) is 22.3 Å². The molecule has 0 saturated heterocycles. The molecule has 0 aliphatic carbocycles. The largest absolute Gasteiger partial charge is 0.449 e. The summed E-state index contributed by atoms with van der Waals surface area (Å²) in [6.07, 6.45) is -0.973. The van der Waals surface area contributed by atoms with E-state index in [0.29, 0.717) is 25.2 Å². The fraction of sp³-hybridized carbons (Fsp3) is 0.579. The summed E-state index contributed by atoms with van der Waals surface area (Å²) >= 11 is 0. The number of rotatable bonds is 9. The molecule has 8 heteroatoms. The molecule has 7 nitrogen and oxygen atoms in total. The Hall–Kier alpha value is -1.93. The van der Waals surface area contributed by atoms with E-state index in [1.165, 1.54) is 23.4 Å². The zero-order chi connectivity index (χ0) is 20.8. The Morgan fingerprint density at radius 2 is 1.74 bits per heavy atom. The molecule has 0 spiro atoms. The van der Waals surface area contributed by atoms with E-state index >= 15 is 0 Å². The molecular formula is C19H30N2O5S. The molecule has 1 N–H and O–H groups in total. The van der Waals surface area contributed by atoms with Crippen molar-refractivity contribution in [2.75, 3.05) is 19.6 Å². The maximum Gasteiger partial charge on any atom is 0.339 e. The Labute approximate surface area is 162 Å². The number of hydrogen-bond donors (Lipinski definition) is 1. The number of aryl methyl sites for hydroxylation is 1. The monoisotopic (exact) mass is 398 g/mol. The summed E-state index contributed by atoms with van der Waals surface area (Å²) < 4.78 is 31.9.